The fourth-order valence-corrected chi connectivity index (χ4v) is 1.54. The number of aliphatic carboxylic acids is 1. The molecule has 0 saturated heterocycles. The van der Waals surface area contributed by atoms with E-state index in [0.717, 1.165) is 12.8 Å². The Morgan fingerprint density at radius 1 is 1.53 bits per heavy atom. The highest BCUT2D eigenvalue weighted by atomic mass is 16.4. The summed E-state index contributed by atoms with van der Waals surface area (Å²) in [5, 5.41) is 20.0. The van der Waals surface area contributed by atoms with Crippen molar-refractivity contribution in [2.24, 2.45) is 0 Å². The van der Waals surface area contributed by atoms with Crippen molar-refractivity contribution < 1.29 is 19.8 Å². The van der Waals surface area contributed by atoms with Crippen molar-refractivity contribution >= 4 is 12.0 Å². The number of carboxylic acids is 1. The van der Waals surface area contributed by atoms with E-state index < -0.39 is 18.0 Å². The van der Waals surface area contributed by atoms with Gasteiger partial charge in [-0.1, -0.05) is 6.08 Å². The van der Waals surface area contributed by atoms with Crippen LogP contribution >= 0.6 is 0 Å². The van der Waals surface area contributed by atoms with Crippen LogP contribution in [-0.2, 0) is 4.79 Å². The van der Waals surface area contributed by atoms with Gasteiger partial charge in [0.15, 0.2) is 0 Å². The van der Waals surface area contributed by atoms with E-state index in [1.54, 1.807) is 11.0 Å². The second kappa shape index (κ2) is 6.24. The van der Waals surface area contributed by atoms with Crippen LogP contribution < -0.4 is 5.32 Å². The van der Waals surface area contributed by atoms with Gasteiger partial charge in [-0.05, 0) is 12.8 Å². The molecular weight excluding hydrogens is 224 g/mol. The van der Waals surface area contributed by atoms with Gasteiger partial charge in [0.1, 0.15) is 6.04 Å². The number of hydrogen-bond acceptors (Lipinski definition) is 3. The highest BCUT2D eigenvalue weighted by Crippen LogP contribution is 2.26. The molecule has 1 aliphatic carbocycles. The monoisotopic (exact) mass is 242 g/mol. The molecule has 1 saturated carbocycles. The number of nitrogens with zero attached hydrogens (tertiary/aromatic N) is 1. The van der Waals surface area contributed by atoms with Crippen molar-refractivity contribution in [1.82, 2.24) is 10.2 Å². The fraction of sp³-hybridized carbons (Fsp3) is 0.636. The molecule has 0 radical (unpaired) electrons. The first kappa shape index (κ1) is 13.5. The number of aliphatic hydroxyl groups excluding tert-OH is 1. The fourth-order valence-electron chi connectivity index (χ4n) is 1.54. The van der Waals surface area contributed by atoms with E-state index in [0.29, 0.717) is 6.54 Å². The lowest BCUT2D eigenvalue weighted by Gasteiger charge is -2.23. The minimum Gasteiger partial charge on any atom is -0.480 e. The standard InChI is InChI=1S/C11H18N2O4/c1-2-6-13(8-3-4-8)11(17)12-9(5-7-14)10(15)16/h2,8-9,14H,1,3-7H2,(H,12,17)(H,15,16)/t9-/m0/s1. The van der Waals surface area contributed by atoms with Gasteiger partial charge in [-0.25, -0.2) is 9.59 Å². The minimum absolute atomic E-state index is 0.00761. The first-order valence-electron chi connectivity index (χ1n) is 5.61. The Kier molecular flexibility index (Phi) is 4.96. The molecule has 2 amide bonds. The highest BCUT2D eigenvalue weighted by molar-refractivity contribution is 5.83. The molecule has 96 valence electrons. The summed E-state index contributed by atoms with van der Waals surface area (Å²) in [4.78, 5) is 24.2. The van der Waals surface area contributed by atoms with E-state index in [2.05, 4.69) is 11.9 Å². The molecule has 1 aliphatic rings. The highest BCUT2D eigenvalue weighted by Gasteiger charge is 2.33. The molecule has 0 unspecified atom stereocenters. The van der Waals surface area contributed by atoms with Gasteiger partial charge in [0, 0.05) is 25.6 Å². The third kappa shape index (κ3) is 4.07. The van der Waals surface area contributed by atoms with Gasteiger partial charge >= 0.3 is 12.0 Å². The average molecular weight is 242 g/mol. The van der Waals surface area contributed by atoms with Gasteiger partial charge in [-0.3, -0.25) is 0 Å². The first-order valence-corrected chi connectivity index (χ1v) is 5.61. The predicted octanol–water partition coefficient (Wildman–Crippen LogP) is 0.182. The van der Waals surface area contributed by atoms with Gasteiger partial charge < -0.3 is 20.4 Å². The molecular formula is C11H18N2O4. The smallest absolute Gasteiger partial charge is 0.326 e. The van der Waals surface area contributed by atoms with Gasteiger partial charge in [0.2, 0.25) is 0 Å². The zero-order valence-electron chi connectivity index (χ0n) is 9.63. The molecule has 1 fully saturated rings. The number of urea groups is 1. The van der Waals surface area contributed by atoms with Crippen LogP contribution in [0.15, 0.2) is 12.7 Å². The molecule has 17 heavy (non-hydrogen) atoms. The molecule has 3 N–H and O–H groups in total. The Morgan fingerprint density at radius 3 is 2.59 bits per heavy atom. The van der Waals surface area contributed by atoms with Crippen LogP contribution in [0.1, 0.15) is 19.3 Å². The van der Waals surface area contributed by atoms with Crippen molar-refractivity contribution in [2.75, 3.05) is 13.2 Å². The minimum atomic E-state index is -1.14. The van der Waals surface area contributed by atoms with E-state index >= 15 is 0 Å². The van der Waals surface area contributed by atoms with Gasteiger partial charge in [-0.2, -0.15) is 0 Å². The number of nitrogens with one attached hydrogen (secondary N) is 1. The number of rotatable bonds is 7. The van der Waals surface area contributed by atoms with Crippen LogP contribution in [0.2, 0.25) is 0 Å². The summed E-state index contributed by atoms with van der Waals surface area (Å²) >= 11 is 0. The molecule has 0 heterocycles. The Balaban J connectivity index is 2.54. The maximum atomic E-state index is 11.8. The number of hydrogen-bond donors (Lipinski definition) is 3. The van der Waals surface area contributed by atoms with Crippen LogP contribution in [-0.4, -0.2) is 52.3 Å². The average Bonchev–Trinajstić information content (AvgIpc) is 3.08. The number of carboxylic acid groups (broad SMARTS) is 1. The second-order valence-electron chi connectivity index (χ2n) is 4.02. The number of carbonyl (C=O) groups is 2. The van der Waals surface area contributed by atoms with E-state index in [4.69, 9.17) is 10.2 Å². The number of amides is 2. The van der Waals surface area contributed by atoms with E-state index in [1.807, 2.05) is 0 Å². The SMILES string of the molecule is C=CCN(C(=O)N[C@@H](CCO)C(=O)O)C1CC1. The molecule has 0 spiro atoms. The molecule has 0 aromatic carbocycles. The van der Waals surface area contributed by atoms with Crippen LogP contribution in [0.4, 0.5) is 4.79 Å². The lowest BCUT2D eigenvalue weighted by molar-refractivity contribution is -0.139. The molecule has 1 atom stereocenters. The largest absolute Gasteiger partial charge is 0.480 e. The Bertz CT molecular complexity index is 302. The zero-order chi connectivity index (χ0) is 12.8. The van der Waals surface area contributed by atoms with Crippen molar-refractivity contribution in [2.45, 2.75) is 31.3 Å². The molecule has 0 bridgehead atoms. The summed E-state index contributed by atoms with van der Waals surface area (Å²) in [6, 6.07) is -1.26. The molecule has 1 rings (SSSR count). The molecule has 0 aromatic rings. The topological polar surface area (TPSA) is 89.9 Å². The quantitative estimate of drug-likeness (QED) is 0.556. The second-order valence-corrected chi connectivity index (χ2v) is 4.02. The zero-order valence-corrected chi connectivity index (χ0v) is 9.63. The number of carbonyl (C=O) groups excluding carboxylic acids is 1. The summed E-state index contributed by atoms with van der Waals surface area (Å²) < 4.78 is 0. The molecule has 6 nitrogen and oxygen atoms in total. The van der Waals surface area contributed by atoms with Gasteiger partial charge in [0.05, 0.1) is 0 Å². The third-order valence-corrected chi connectivity index (χ3v) is 2.59. The van der Waals surface area contributed by atoms with E-state index in [-0.39, 0.29) is 19.1 Å². The van der Waals surface area contributed by atoms with E-state index in [9.17, 15) is 9.59 Å². The van der Waals surface area contributed by atoms with Crippen molar-refractivity contribution in [3.63, 3.8) is 0 Å². The van der Waals surface area contributed by atoms with E-state index in [1.165, 1.54) is 0 Å². The summed E-state index contributed by atoms with van der Waals surface area (Å²) in [5.41, 5.74) is 0. The lowest BCUT2D eigenvalue weighted by Crippen LogP contribution is -2.49. The molecule has 6 heteroatoms. The van der Waals surface area contributed by atoms with Crippen LogP contribution in [0.3, 0.4) is 0 Å². The maximum Gasteiger partial charge on any atom is 0.326 e. The van der Waals surface area contributed by atoms with Crippen molar-refractivity contribution in [1.29, 1.82) is 0 Å². The predicted molar refractivity (Wildman–Crippen MR) is 61.6 cm³/mol. The van der Waals surface area contributed by atoms with Crippen molar-refractivity contribution in [3.05, 3.63) is 12.7 Å². The normalized spacial score (nSPS) is 16.1. The Morgan fingerprint density at radius 2 is 2.18 bits per heavy atom. The summed E-state index contributed by atoms with van der Waals surface area (Å²) in [5.74, 6) is -1.14. The van der Waals surface area contributed by atoms with Crippen LogP contribution in [0.5, 0.6) is 0 Å². The maximum absolute atomic E-state index is 11.8. The number of aliphatic hydroxyl groups is 1. The Hall–Kier alpha value is -1.56. The third-order valence-electron chi connectivity index (χ3n) is 2.59. The Labute approximate surface area is 99.9 Å². The molecule has 0 aliphatic heterocycles. The van der Waals surface area contributed by atoms with Crippen LogP contribution in [0.25, 0.3) is 0 Å². The lowest BCUT2D eigenvalue weighted by atomic mass is 10.2. The summed E-state index contributed by atoms with van der Waals surface area (Å²) in [6.45, 7) is 3.69. The van der Waals surface area contributed by atoms with Gasteiger partial charge in [-0.15, -0.1) is 6.58 Å². The summed E-state index contributed by atoms with van der Waals surface area (Å²) in [6.07, 6.45) is 3.51. The molecule has 0 aromatic heterocycles. The van der Waals surface area contributed by atoms with Crippen LogP contribution in [0, 0.1) is 0 Å². The first-order chi connectivity index (χ1) is 8.10. The summed E-state index contributed by atoms with van der Waals surface area (Å²) in [7, 11) is 0. The van der Waals surface area contributed by atoms with Crippen molar-refractivity contribution in [3.8, 4) is 0 Å². The van der Waals surface area contributed by atoms with Gasteiger partial charge in [0.25, 0.3) is 0 Å².